The van der Waals surface area contributed by atoms with E-state index < -0.39 is 10.0 Å². The highest BCUT2D eigenvalue weighted by molar-refractivity contribution is 9.10. The third-order valence-corrected chi connectivity index (χ3v) is 4.89. The Morgan fingerprint density at radius 1 is 1.39 bits per heavy atom. The number of sulfonamides is 1. The quantitative estimate of drug-likeness (QED) is 0.925. The lowest BCUT2D eigenvalue weighted by Crippen LogP contribution is -2.16. The molecule has 0 aliphatic heterocycles. The zero-order chi connectivity index (χ0) is 13.3. The van der Waals surface area contributed by atoms with Crippen molar-refractivity contribution in [1.82, 2.24) is 9.78 Å². The molecule has 0 fully saturated rings. The molecule has 5 nitrogen and oxygen atoms in total. The zero-order valence-corrected chi connectivity index (χ0v) is 12.4. The van der Waals surface area contributed by atoms with Crippen LogP contribution in [-0.4, -0.2) is 18.2 Å². The predicted octanol–water partition coefficient (Wildman–Crippen LogP) is 2.64. The molecule has 1 aromatic carbocycles. The van der Waals surface area contributed by atoms with Crippen molar-refractivity contribution in [3.05, 3.63) is 40.0 Å². The highest BCUT2D eigenvalue weighted by Gasteiger charge is 2.18. The fourth-order valence-electron chi connectivity index (χ4n) is 1.39. The van der Waals surface area contributed by atoms with E-state index in [1.54, 1.807) is 25.2 Å². The normalized spacial score (nSPS) is 11.5. The van der Waals surface area contributed by atoms with Gasteiger partial charge in [-0.2, -0.15) is 13.5 Å². The average molecular weight is 351 g/mol. The van der Waals surface area contributed by atoms with E-state index in [0.29, 0.717) is 15.2 Å². The maximum atomic E-state index is 12.1. The second-order valence-electron chi connectivity index (χ2n) is 3.53. The van der Waals surface area contributed by atoms with Gasteiger partial charge < -0.3 is 0 Å². The molecule has 96 valence electrons. The van der Waals surface area contributed by atoms with Crippen LogP contribution < -0.4 is 4.72 Å². The fourth-order valence-corrected chi connectivity index (χ4v) is 3.07. The standard InChI is InChI=1S/C10H9BrClN3O2S/c1-15-10(4-5-13-15)18(16,17)14-7-2-3-9(12)8(11)6-7/h2-6,14H,1H3. The third kappa shape index (κ3) is 2.68. The van der Waals surface area contributed by atoms with Gasteiger partial charge in [0.1, 0.15) is 0 Å². The van der Waals surface area contributed by atoms with Crippen molar-refractivity contribution in [2.45, 2.75) is 5.03 Å². The number of hydrogen-bond acceptors (Lipinski definition) is 3. The number of benzene rings is 1. The lowest BCUT2D eigenvalue weighted by Gasteiger charge is -2.08. The van der Waals surface area contributed by atoms with Crippen LogP contribution in [0.3, 0.4) is 0 Å². The molecule has 0 saturated carbocycles. The van der Waals surface area contributed by atoms with Crippen LogP contribution in [0.4, 0.5) is 5.69 Å². The van der Waals surface area contributed by atoms with E-state index in [1.165, 1.54) is 16.9 Å². The molecule has 1 N–H and O–H groups in total. The molecule has 18 heavy (non-hydrogen) atoms. The van der Waals surface area contributed by atoms with E-state index in [2.05, 4.69) is 25.8 Å². The van der Waals surface area contributed by atoms with Crippen LogP contribution in [0.15, 0.2) is 40.0 Å². The largest absolute Gasteiger partial charge is 0.279 e. The summed E-state index contributed by atoms with van der Waals surface area (Å²) in [7, 11) is -2.08. The summed E-state index contributed by atoms with van der Waals surface area (Å²) in [5.74, 6) is 0. The predicted molar refractivity (Wildman–Crippen MR) is 73.2 cm³/mol. The molecule has 0 atom stereocenters. The number of aromatic nitrogens is 2. The molecule has 2 rings (SSSR count). The van der Waals surface area contributed by atoms with Gasteiger partial charge in [-0.05, 0) is 40.2 Å². The van der Waals surface area contributed by atoms with Crippen molar-refractivity contribution >= 4 is 43.2 Å². The summed E-state index contributed by atoms with van der Waals surface area (Å²) in [5.41, 5.74) is 0.424. The lowest BCUT2D eigenvalue weighted by molar-refractivity contribution is 0.582. The minimum absolute atomic E-state index is 0.0913. The van der Waals surface area contributed by atoms with Gasteiger partial charge in [-0.15, -0.1) is 0 Å². The molecule has 0 amide bonds. The Morgan fingerprint density at radius 2 is 2.11 bits per heavy atom. The minimum Gasteiger partial charge on any atom is -0.278 e. The first kappa shape index (κ1) is 13.4. The van der Waals surface area contributed by atoms with Crippen molar-refractivity contribution < 1.29 is 8.42 Å². The van der Waals surface area contributed by atoms with E-state index in [0.717, 1.165) is 0 Å². The number of hydrogen-bond donors (Lipinski definition) is 1. The third-order valence-electron chi connectivity index (χ3n) is 2.22. The summed E-state index contributed by atoms with van der Waals surface area (Å²) in [6, 6.07) is 6.21. The van der Waals surface area contributed by atoms with Crippen molar-refractivity contribution in [2.24, 2.45) is 7.05 Å². The molecule has 0 unspecified atom stereocenters. The van der Waals surface area contributed by atoms with Crippen molar-refractivity contribution in [3.8, 4) is 0 Å². The molecule has 0 aliphatic carbocycles. The van der Waals surface area contributed by atoms with Crippen LogP contribution in [-0.2, 0) is 17.1 Å². The number of aryl methyl sites for hydroxylation is 1. The lowest BCUT2D eigenvalue weighted by atomic mass is 10.3. The van der Waals surface area contributed by atoms with Crippen LogP contribution in [0.25, 0.3) is 0 Å². The molecule has 0 bridgehead atoms. The number of halogens is 2. The van der Waals surface area contributed by atoms with Gasteiger partial charge in [-0.3, -0.25) is 9.40 Å². The Labute approximate surface area is 118 Å². The molecule has 1 aromatic heterocycles. The highest BCUT2D eigenvalue weighted by Crippen LogP contribution is 2.26. The smallest absolute Gasteiger partial charge is 0.278 e. The van der Waals surface area contributed by atoms with Crippen LogP contribution in [0.1, 0.15) is 0 Å². The van der Waals surface area contributed by atoms with Crippen molar-refractivity contribution in [3.63, 3.8) is 0 Å². The summed E-state index contributed by atoms with van der Waals surface area (Å²) in [5, 5.41) is 4.43. The van der Waals surface area contributed by atoms with Gasteiger partial charge in [-0.1, -0.05) is 11.6 Å². The SMILES string of the molecule is Cn1nccc1S(=O)(=O)Nc1ccc(Cl)c(Br)c1. The first-order valence-corrected chi connectivity index (χ1v) is 7.51. The monoisotopic (exact) mass is 349 g/mol. The molecule has 2 aromatic rings. The average Bonchev–Trinajstić information content (AvgIpc) is 2.70. The Bertz CT molecular complexity index is 684. The van der Waals surface area contributed by atoms with Crippen LogP contribution >= 0.6 is 27.5 Å². The first-order chi connectivity index (χ1) is 8.40. The van der Waals surface area contributed by atoms with Crippen LogP contribution in [0.5, 0.6) is 0 Å². The first-order valence-electron chi connectivity index (χ1n) is 4.86. The van der Waals surface area contributed by atoms with Crippen LogP contribution in [0, 0.1) is 0 Å². The van der Waals surface area contributed by atoms with E-state index in [-0.39, 0.29) is 5.03 Å². The molecule has 0 spiro atoms. The Hall–Kier alpha value is -1.05. The van der Waals surface area contributed by atoms with Gasteiger partial charge in [0, 0.05) is 11.5 Å². The highest BCUT2D eigenvalue weighted by atomic mass is 79.9. The zero-order valence-electron chi connectivity index (χ0n) is 9.26. The topological polar surface area (TPSA) is 64.0 Å². The molecular weight excluding hydrogens is 342 g/mol. The number of nitrogens with one attached hydrogen (secondary N) is 1. The maximum absolute atomic E-state index is 12.1. The van der Waals surface area contributed by atoms with Crippen molar-refractivity contribution in [2.75, 3.05) is 4.72 Å². The fraction of sp³-hybridized carbons (Fsp3) is 0.100. The Morgan fingerprint density at radius 3 is 2.67 bits per heavy atom. The van der Waals surface area contributed by atoms with Gasteiger partial charge in [0.25, 0.3) is 10.0 Å². The molecule has 8 heteroatoms. The van der Waals surface area contributed by atoms with Crippen molar-refractivity contribution in [1.29, 1.82) is 0 Å². The van der Waals surface area contributed by atoms with Gasteiger partial charge in [0.15, 0.2) is 5.03 Å². The van der Waals surface area contributed by atoms with Gasteiger partial charge in [-0.25, -0.2) is 0 Å². The second-order valence-corrected chi connectivity index (χ2v) is 6.42. The minimum atomic E-state index is -3.64. The molecule has 0 radical (unpaired) electrons. The number of nitrogens with zero attached hydrogens (tertiary/aromatic N) is 2. The summed E-state index contributed by atoms with van der Waals surface area (Å²) < 4.78 is 28.5. The Balaban J connectivity index is 2.34. The van der Waals surface area contributed by atoms with Gasteiger partial charge in [0.2, 0.25) is 0 Å². The number of rotatable bonds is 3. The molecule has 0 aliphatic rings. The van der Waals surface area contributed by atoms with Gasteiger partial charge in [0.05, 0.1) is 16.9 Å². The number of anilines is 1. The molecular formula is C10H9BrClN3O2S. The second kappa shape index (κ2) is 4.91. The van der Waals surface area contributed by atoms with E-state index in [9.17, 15) is 8.42 Å². The molecule has 1 heterocycles. The molecule has 0 saturated heterocycles. The van der Waals surface area contributed by atoms with E-state index in [1.807, 2.05) is 0 Å². The van der Waals surface area contributed by atoms with E-state index in [4.69, 9.17) is 11.6 Å². The maximum Gasteiger partial charge on any atom is 0.279 e. The van der Waals surface area contributed by atoms with Crippen LogP contribution in [0.2, 0.25) is 5.02 Å². The van der Waals surface area contributed by atoms with Gasteiger partial charge >= 0.3 is 0 Å². The summed E-state index contributed by atoms with van der Waals surface area (Å²) in [6.07, 6.45) is 1.42. The Kier molecular flexibility index (Phi) is 3.65. The summed E-state index contributed by atoms with van der Waals surface area (Å²) >= 11 is 9.07. The van der Waals surface area contributed by atoms with E-state index >= 15 is 0 Å². The summed E-state index contributed by atoms with van der Waals surface area (Å²) in [6.45, 7) is 0. The summed E-state index contributed by atoms with van der Waals surface area (Å²) in [4.78, 5) is 0.